The average Bonchev–Trinajstić information content (AvgIpc) is 2.20. The second-order valence-electron chi connectivity index (χ2n) is 5.26. The van der Waals surface area contributed by atoms with E-state index in [1.165, 1.54) is 0 Å². The van der Waals surface area contributed by atoms with E-state index in [4.69, 9.17) is 9.84 Å². The molecule has 0 heterocycles. The standard InChI is InChI=1S/C13H29NO2/c1-11(2)5-7-16-8-6-14-13(10-15)9-12(3)4/h11-15H,5-10H2,1-4H3. The molecule has 3 nitrogen and oxygen atoms in total. The largest absolute Gasteiger partial charge is 0.395 e. The molecule has 0 amide bonds. The van der Waals surface area contributed by atoms with Crippen LogP contribution in [0, 0.1) is 11.8 Å². The Kier molecular flexibility index (Phi) is 9.99. The van der Waals surface area contributed by atoms with Crippen LogP contribution in [0.15, 0.2) is 0 Å². The second-order valence-corrected chi connectivity index (χ2v) is 5.26. The molecule has 0 rings (SSSR count). The fourth-order valence-corrected chi connectivity index (χ4v) is 1.55. The summed E-state index contributed by atoms with van der Waals surface area (Å²) >= 11 is 0. The highest BCUT2D eigenvalue weighted by atomic mass is 16.5. The normalized spacial score (nSPS) is 13.7. The minimum atomic E-state index is 0.212. The van der Waals surface area contributed by atoms with Gasteiger partial charge in [-0.2, -0.15) is 0 Å². The first-order valence-corrected chi connectivity index (χ1v) is 6.48. The maximum atomic E-state index is 9.15. The van der Waals surface area contributed by atoms with Crippen molar-refractivity contribution < 1.29 is 9.84 Å². The number of hydrogen-bond acceptors (Lipinski definition) is 3. The van der Waals surface area contributed by atoms with Gasteiger partial charge in [0.05, 0.1) is 13.2 Å². The lowest BCUT2D eigenvalue weighted by Gasteiger charge is -2.18. The van der Waals surface area contributed by atoms with Gasteiger partial charge in [-0.15, -0.1) is 0 Å². The van der Waals surface area contributed by atoms with Crippen LogP contribution in [0.5, 0.6) is 0 Å². The van der Waals surface area contributed by atoms with E-state index in [2.05, 4.69) is 33.0 Å². The summed E-state index contributed by atoms with van der Waals surface area (Å²) in [6.45, 7) is 11.4. The molecule has 0 aliphatic carbocycles. The molecule has 0 fully saturated rings. The average molecular weight is 231 g/mol. The summed E-state index contributed by atoms with van der Waals surface area (Å²) in [7, 11) is 0. The van der Waals surface area contributed by atoms with Gasteiger partial charge in [0, 0.05) is 19.2 Å². The van der Waals surface area contributed by atoms with E-state index < -0.39 is 0 Å². The zero-order valence-corrected chi connectivity index (χ0v) is 11.3. The predicted molar refractivity (Wildman–Crippen MR) is 68.6 cm³/mol. The van der Waals surface area contributed by atoms with Gasteiger partial charge < -0.3 is 15.2 Å². The Hall–Kier alpha value is -0.120. The molecule has 0 bridgehead atoms. The summed E-state index contributed by atoms with van der Waals surface area (Å²) in [4.78, 5) is 0. The van der Waals surface area contributed by atoms with Crippen LogP contribution in [0.2, 0.25) is 0 Å². The van der Waals surface area contributed by atoms with Gasteiger partial charge in [0.25, 0.3) is 0 Å². The van der Waals surface area contributed by atoms with E-state index in [0.29, 0.717) is 11.8 Å². The lowest BCUT2D eigenvalue weighted by molar-refractivity contribution is 0.119. The second kappa shape index (κ2) is 10.1. The molecule has 16 heavy (non-hydrogen) atoms. The monoisotopic (exact) mass is 231 g/mol. The molecule has 1 atom stereocenters. The molecule has 0 aromatic carbocycles. The fourth-order valence-electron chi connectivity index (χ4n) is 1.55. The van der Waals surface area contributed by atoms with Crippen LogP contribution in [0.3, 0.4) is 0 Å². The summed E-state index contributed by atoms with van der Waals surface area (Å²) in [5.74, 6) is 1.32. The van der Waals surface area contributed by atoms with Gasteiger partial charge in [0.1, 0.15) is 0 Å². The van der Waals surface area contributed by atoms with E-state index in [1.54, 1.807) is 0 Å². The van der Waals surface area contributed by atoms with E-state index in [1.807, 2.05) is 0 Å². The van der Waals surface area contributed by atoms with Crippen LogP contribution >= 0.6 is 0 Å². The van der Waals surface area contributed by atoms with Crippen molar-refractivity contribution in [3.05, 3.63) is 0 Å². The molecule has 0 aromatic heterocycles. The highest BCUT2D eigenvalue weighted by Gasteiger charge is 2.08. The number of hydrogen-bond donors (Lipinski definition) is 2. The van der Waals surface area contributed by atoms with E-state index >= 15 is 0 Å². The maximum absolute atomic E-state index is 9.15. The Bertz CT molecular complexity index is 149. The Morgan fingerprint density at radius 1 is 1.06 bits per heavy atom. The lowest BCUT2D eigenvalue weighted by Crippen LogP contribution is -2.36. The van der Waals surface area contributed by atoms with Gasteiger partial charge >= 0.3 is 0 Å². The summed E-state index contributed by atoms with van der Waals surface area (Å²) in [5, 5.41) is 12.5. The first kappa shape index (κ1) is 15.9. The molecule has 0 saturated heterocycles. The number of rotatable bonds is 10. The molecule has 2 N–H and O–H groups in total. The van der Waals surface area contributed by atoms with Crippen molar-refractivity contribution in [3.63, 3.8) is 0 Å². The molecule has 0 aliphatic heterocycles. The highest BCUT2D eigenvalue weighted by molar-refractivity contribution is 4.66. The topological polar surface area (TPSA) is 41.5 Å². The Balaban J connectivity index is 3.34. The number of nitrogens with one attached hydrogen (secondary N) is 1. The Morgan fingerprint density at radius 2 is 1.75 bits per heavy atom. The molecule has 1 unspecified atom stereocenters. The third-order valence-electron chi connectivity index (χ3n) is 2.50. The third-order valence-corrected chi connectivity index (χ3v) is 2.50. The zero-order chi connectivity index (χ0) is 12.4. The lowest BCUT2D eigenvalue weighted by atomic mass is 10.0. The number of aliphatic hydroxyl groups excluding tert-OH is 1. The van der Waals surface area contributed by atoms with Crippen LogP contribution in [-0.2, 0) is 4.74 Å². The summed E-state index contributed by atoms with van der Waals surface area (Å²) in [5.41, 5.74) is 0. The van der Waals surface area contributed by atoms with Crippen molar-refractivity contribution in [2.75, 3.05) is 26.4 Å². The summed E-state index contributed by atoms with van der Waals surface area (Å²) in [6, 6.07) is 0.216. The highest BCUT2D eigenvalue weighted by Crippen LogP contribution is 2.03. The molecule has 0 radical (unpaired) electrons. The Morgan fingerprint density at radius 3 is 2.25 bits per heavy atom. The van der Waals surface area contributed by atoms with Gasteiger partial charge in [0.2, 0.25) is 0 Å². The molecular formula is C13H29NO2. The van der Waals surface area contributed by atoms with Crippen LogP contribution in [0.4, 0.5) is 0 Å². The fraction of sp³-hybridized carbons (Fsp3) is 1.00. The molecular weight excluding hydrogens is 202 g/mol. The van der Waals surface area contributed by atoms with Crippen LogP contribution in [0.1, 0.15) is 40.5 Å². The number of ether oxygens (including phenoxy) is 1. The first-order chi connectivity index (χ1) is 7.56. The van der Waals surface area contributed by atoms with E-state index in [0.717, 1.165) is 32.6 Å². The molecule has 0 saturated carbocycles. The van der Waals surface area contributed by atoms with Gasteiger partial charge in [0.15, 0.2) is 0 Å². The third kappa shape index (κ3) is 10.4. The predicted octanol–water partition coefficient (Wildman–Crippen LogP) is 2.05. The van der Waals surface area contributed by atoms with Gasteiger partial charge in [-0.3, -0.25) is 0 Å². The smallest absolute Gasteiger partial charge is 0.0591 e. The first-order valence-electron chi connectivity index (χ1n) is 6.48. The number of aliphatic hydroxyl groups is 1. The molecule has 0 aliphatic rings. The molecule has 0 spiro atoms. The summed E-state index contributed by atoms with van der Waals surface area (Å²) < 4.78 is 5.50. The van der Waals surface area contributed by atoms with Crippen molar-refractivity contribution >= 4 is 0 Å². The Labute approximate surface area is 101 Å². The van der Waals surface area contributed by atoms with Crippen molar-refractivity contribution in [1.82, 2.24) is 5.32 Å². The van der Waals surface area contributed by atoms with Crippen LogP contribution < -0.4 is 5.32 Å². The molecule has 98 valence electrons. The van der Waals surface area contributed by atoms with Crippen LogP contribution in [0.25, 0.3) is 0 Å². The van der Waals surface area contributed by atoms with Crippen molar-refractivity contribution in [2.45, 2.75) is 46.6 Å². The summed E-state index contributed by atoms with van der Waals surface area (Å²) in [6.07, 6.45) is 2.14. The molecule has 0 aromatic rings. The van der Waals surface area contributed by atoms with E-state index in [-0.39, 0.29) is 12.6 Å². The van der Waals surface area contributed by atoms with Gasteiger partial charge in [-0.05, 0) is 24.7 Å². The van der Waals surface area contributed by atoms with Gasteiger partial charge in [-0.25, -0.2) is 0 Å². The van der Waals surface area contributed by atoms with Crippen LogP contribution in [-0.4, -0.2) is 37.5 Å². The SMILES string of the molecule is CC(C)CCOCCNC(CO)CC(C)C. The van der Waals surface area contributed by atoms with Crippen molar-refractivity contribution in [3.8, 4) is 0 Å². The minimum absolute atomic E-state index is 0.212. The quantitative estimate of drug-likeness (QED) is 0.565. The minimum Gasteiger partial charge on any atom is -0.395 e. The maximum Gasteiger partial charge on any atom is 0.0591 e. The molecule has 3 heteroatoms. The van der Waals surface area contributed by atoms with E-state index in [9.17, 15) is 0 Å². The van der Waals surface area contributed by atoms with Crippen molar-refractivity contribution in [2.24, 2.45) is 11.8 Å². The van der Waals surface area contributed by atoms with Gasteiger partial charge in [-0.1, -0.05) is 27.7 Å². The zero-order valence-electron chi connectivity index (χ0n) is 11.3. The van der Waals surface area contributed by atoms with Crippen molar-refractivity contribution in [1.29, 1.82) is 0 Å².